The third-order valence-electron chi connectivity index (χ3n) is 2.26. The van der Waals surface area contributed by atoms with E-state index in [0.717, 1.165) is 32.6 Å². The molecule has 13 heavy (non-hydrogen) atoms. The van der Waals surface area contributed by atoms with Gasteiger partial charge in [-0.05, 0) is 12.3 Å². The van der Waals surface area contributed by atoms with Gasteiger partial charge in [-0.25, -0.2) is 4.79 Å². The Kier molecular flexibility index (Phi) is 3.58. The van der Waals surface area contributed by atoms with Crippen LogP contribution in [0.3, 0.4) is 0 Å². The first kappa shape index (κ1) is 10.4. The van der Waals surface area contributed by atoms with Crippen LogP contribution in [0.5, 0.6) is 0 Å². The maximum atomic E-state index is 11.7. The van der Waals surface area contributed by atoms with Gasteiger partial charge in [0.2, 0.25) is 0 Å². The average Bonchev–Trinajstić information content (AvgIpc) is 2.36. The van der Waals surface area contributed by atoms with Gasteiger partial charge in [-0.15, -0.1) is 0 Å². The van der Waals surface area contributed by atoms with E-state index >= 15 is 0 Å². The summed E-state index contributed by atoms with van der Waals surface area (Å²) in [4.78, 5) is 15.6. The summed E-state index contributed by atoms with van der Waals surface area (Å²) in [5.74, 6) is 0.575. The second-order valence-corrected chi connectivity index (χ2v) is 4.11. The third kappa shape index (κ3) is 2.61. The quantitative estimate of drug-likeness (QED) is 0.653. The van der Waals surface area contributed by atoms with Gasteiger partial charge in [0.15, 0.2) is 0 Å². The fraction of sp³-hybridized carbons (Fsp3) is 0.900. The van der Waals surface area contributed by atoms with Crippen LogP contribution in [0, 0.1) is 5.92 Å². The molecule has 76 valence electrons. The van der Waals surface area contributed by atoms with Gasteiger partial charge in [-0.3, -0.25) is 0 Å². The molecule has 1 aliphatic rings. The number of nitrogens with zero attached hydrogens (tertiary/aromatic N) is 2. The Labute approximate surface area is 80.7 Å². The Morgan fingerprint density at radius 2 is 1.92 bits per heavy atom. The van der Waals surface area contributed by atoms with Crippen LogP contribution in [0.15, 0.2) is 0 Å². The van der Waals surface area contributed by atoms with Crippen LogP contribution in [0.2, 0.25) is 0 Å². The zero-order valence-electron chi connectivity index (χ0n) is 8.92. The molecule has 0 aromatic heterocycles. The molecule has 0 aromatic rings. The van der Waals surface area contributed by atoms with E-state index in [1.807, 2.05) is 9.80 Å². The summed E-state index contributed by atoms with van der Waals surface area (Å²) in [6, 6.07) is 0.232. The lowest BCUT2D eigenvalue weighted by molar-refractivity contribution is 0.188. The summed E-state index contributed by atoms with van der Waals surface area (Å²) in [5.41, 5.74) is 0. The molecule has 2 amide bonds. The number of urea groups is 1. The van der Waals surface area contributed by atoms with Crippen LogP contribution >= 0.6 is 0 Å². The Bertz CT molecular complexity index is 180. The summed E-state index contributed by atoms with van der Waals surface area (Å²) in [6.07, 6.45) is 1.06. The van der Waals surface area contributed by atoms with Crippen molar-refractivity contribution in [3.05, 3.63) is 0 Å². The standard InChI is InChI=1S/C10H20N2O/c1-4-5-11-6-7-12(10(11)13)8-9(2)3/h9H,4-8H2,1-3H3. The molecule has 1 rings (SSSR count). The van der Waals surface area contributed by atoms with E-state index in [-0.39, 0.29) is 6.03 Å². The van der Waals surface area contributed by atoms with Crippen LogP contribution in [-0.4, -0.2) is 42.0 Å². The van der Waals surface area contributed by atoms with Crippen molar-refractivity contribution in [3.8, 4) is 0 Å². The molecule has 1 saturated heterocycles. The van der Waals surface area contributed by atoms with E-state index in [1.165, 1.54) is 0 Å². The van der Waals surface area contributed by atoms with Crippen molar-refractivity contribution in [3.63, 3.8) is 0 Å². The first-order valence-electron chi connectivity index (χ1n) is 5.19. The highest BCUT2D eigenvalue weighted by Gasteiger charge is 2.27. The Morgan fingerprint density at radius 3 is 2.46 bits per heavy atom. The SMILES string of the molecule is CCCN1CCN(CC(C)C)C1=O. The second-order valence-electron chi connectivity index (χ2n) is 4.11. The van der Waals surface area contributed by atoms with Crippen molar-refractivity contribution in [1.82, 2.24) is 9.80 Å². The summed E-state index contributed by atoms with van der Waals surface area (Å²) < 4.78 is 0. The Balaban J connectivity index is 2.40. The fourth-order valence-electron chi connectivity index (χ4n) is 1.72. The molecule has 0 saturated carbocycles. The third-order valence-corrected chi connectivity index (χ3v) is 2.26. The summed E-state index contributed by atoms with van der Waals surface area (Å²) in [6.45, 7) is 10.0. The maximum absolute atomic E-state index is 11.7. The monoisotopic (exact) mass is 184 g/mol. The highest BCUT2D eigenvalue weighted by Crippen LogP contribution is 2.10. The molecule has 0 unspecified atom stereocenters. The van der Waals surface area contributed by atoms with E-state index in [1.54, 1.807) is 0 Å². The zero-order chi connectivity index (χ0) is 9.84. The van der Waals surface area contributed by atoms with Crippen molar-refractivity contribution < 1.29 is 4.79 Å². The average molecular weight is 184 g/mol. The lowest BCUT2D eigenvalue weighted by Gasteiger charge is -2.19. The van der Waals surface area contributed by atoms with Crippen molar-refractivity contribution >= 4 is 6.03 Å². The number of hydrogen-bond acceptors (Lipinski definition) is 1. The topological polar surface area (TPSA) is 23.6 Å². The number of carbonyl (C=O) groups is 1. The molecule has 3 heteroatoms. The maximum Gasteiger partial charge on any atom is 0.320 e. The molecule has 1 heterocycles. The van der Waals surface area contributed by atoms with E-state index in [0.29, 0.717) is 5.92 Å². The van der Waals surface area contributed by atoms with Crippen molar-refractivity contribution in [2.75, 3.05) is 26.2 Å². The van der Waals surface area contributed by atoms with Crippen LogP contribution in [-0.2, 0) is 0 Å². The predicted octanol–water partition coefficient (Wildman–Crippen LogP) is 1.79. The fourth-order valence-corrected chi connectivity index (χ4v) is 1.72. The number of carbonyl (C=O) groups excluding carboxylic acids is 1. The van der Waals surface area contributed by atoms with E-state index in [9.17, 15) is 4.79 Å². The van der Waals surface area contributed by atoms with Crippen molar-refractivity contribution in [2.24, 2.45) is 5.92 Å². The predicted molar refractivity (Wildman–Crippen MR) is 53.7 cm³/mol. The Hall–Kier alpha value is -0.730. The van der Waals surface area contributed by atoms with Gasteiger partial charge < -0.3 is 9.80 Å². The van der Waals surface area contributed by atoms with Gasteiger partial charge in [0, 0.05) is 26.2 Å². The van der Waals surface area contributed by atoms with Gasteiger partial charge in [-0.2, -0.15) is 0 Å². The summed E-state index contributed by atoms with van der Waals surface area (Å²) in [7, 11) is 0. The second kappa shape index (κ2) is 4.49. The van der Waals surface area contributed by atoms with Crippen LogP contribution in [0.25, 0.3) is 0 Å². The van der Waals surface area contributed by atoms with Gasteiger partial charge in [0.05, 0.1) is 0 Å². The van der Waals surface area contributed by atoms with Crippen molar-refractivity contribution in [2.45, 2.75) is 27.2 Å². The molecule has 0 aromatic carbocycles. The smallest absolute Gasteiger partial charge is 0.320 e. The Morgan fingerprint density at radius 1 is 1.31 bits per heavy atom. The van der Waals surface area contributed by atoms with E-state index in [2.05, 4.69) is 20.8 Å². The van der Waals surface area contributed by atoms with Crippen LogP contribution < -0.4 is 0 Å². The molecular weight excluding hydrogens is 164 g/mol. The molecule has 1 aliphatic heterocycles. The molecule has 0 N–H and O–H groups in total. The minimum Gasteiger partial charge on any atom is -0.323 e. The molecule has 0 aliphatic carbocycles. The highest BCUT2D eigenvalue weighted by atomic mass is 16.2. The molecule has 0 bridgehead atoms. The number of rotatable bonds is 4. The molecule has 0 atom stereocenters. The van der Waals surface area contributed by atoms with Gasteiger partial charge >= 0.3 is 6.03 Å². The molecule has 0 radical (unpaired) electrons. The first-order chi connectivity index (χ1) is 6.15. The minimum atomic E-state index is 0.232. The lowest BCUT2D eigenvalue weighted by Crippen LogP contribution is -2.34. The summed E-state index contributed by atoms with van der Waals surface area (Å²) in [5, 5.41) is 0. The van der Waals surface area contributed by atoms with Gasteiger partial charge in [0.25, 0.3) is 0 Å². The minimum absolute atomic E-state index is 0.232. The first-order valence-corrected chi connectivity index (χ1v) is 5.19. The molecule has 3 nitrogen and oxygen atoms in total. The molecular formula is C10H20N2O. The van der Waals surface area contributed by atoms with Crippen LogP contribution in [0.1, 0.15) is 27.2 Å². The van der Waals surface area contributed by atoms with Crippen LogP contribution in [0.4, 0.5) is 4.79 Å². The number of hydrogen-bond donors (Lipinski definition) is 0. The zero-order valence-corrected chi connectivity index (χ0v) is 8.92. The molecule has 0 spiro atoms. The van der Waals surface area contributed by atoms with Crippen molar-refractivity contribution in [1.29, 1.82) is 0 Å². The lowest BCUT2D eigenvalue weighted by atomic mass is 10.2. The van der Waals surface area contributed by atoms with Gasteiger partial charge in [-0.1, -0.05) is 20.8 Å². The normalized spacial score (nSPS) is 17.7. The molecule has 1 fully saturated rings. The largest absolute Gasteiger partial charge is 0.323 e. The highest BCUT2D eigenvalue weighted by molar-refractivity contribution is 5.76. The summed E-state index contributed by atoms with van der Waals surface area (Å²) >= 11 is 0. The van der Waals surface area contributed by atoms with E-state index in [4.69, 9.17) is 0 Å². The van der Waals surface area contributed by atoms with Gasteiger partial charge in [0.1, 0.15) is 0 Å². The van der Waals surface area contributed by atoms with E-state index < -0.39 is 0 Å². The number of amides is 2.